The summed E-state index contributed by atoms with van der Waals surface area (Å²) in [5.41, 5.74) is 6.71. The number of aliphatic hydroxyl groups is 1. The van der Waals surface area contributed by atoms with Crippen molar-refractivity contribution in [3.63, 3.8) is 0 Å². The van der Waals surface area contributed by atoms with E-state index < -0.39 is 0 Å². The van der Waals surface area contributed by atoms with Crippen LogP contribution < -0.4 is 10.5 Å². The number of methoxy groups -OCH3 is 1. The van der Waals surface area contributed by atoms with Crippen molar-refractivity contribution in [2.75, 3.05) is 32.5 Å². The highest BCUT2D eigenvalue weighted by Gasteiger charge is 2.31. The molecule has 1 aliphatic heterocycles. The number of rotatable bonds is 3. The van der Waals surface area contributed by atoms with Crippen LogP contribution in [0.4, 0.5) is 5.69 Å². The lowest BCUT2D eigenvalue weighted by atomic mass is 9.99. The fraction of sp³-hybridized carbons (Fsp3) is 0.417. The first-order chi connectivity index (χ1) is 8.15. The molecule has 2 rings (SSSR count). The van der Waals surface area contributed by atoms with Crippen LogP contribution in [-0.2, 0) is 0 Å². The Morgan fingerprint density at radius 1 is 1.59 bits per heavy atom. The summed E-state index contributed by atoms with van der Waals surface area (Å²) >= 11 is 0. The summed E-state index contributed by atoms with van der Waals surface area (Å²) in [6.45, 7) is 1.32. The molecule has 0 aliphatic carbocycles. The number of ether oxygens (including phenoxy) is 1. The molecule has 1 saturated heterocycles. The van der Waals surface area contributed by atoms with Gasteiger partial charge in [-0.15, -0.1) is 0 Å². The molecule has 1 heterocycles. The zero-order valence-electron chi connectivity index (χ0n) is 9.72. The average Bonchev–Trinajstić information content (AvgIpc) is 2.27. The van der Waals surface area contributed by atoms with Crippen LogP contribution in [0.2, 0.25) is 0 Å². The van der Waals surface area contributed by atoms with Gasteiger partial charge in [0.2, 0.25) is 0 Å². The van der Waals surface area contributed by atoms with Gasteiger partial charge in [0.15, 0.2) is 0 Å². The summed E-state index contributed by atoms with van der Waals surface area (Å²) < 4.78 is 5.03. The second-order valence-electron chi connectivity index (χ2n) is 4.21. The number of aliphatic hydroxyl groups excluding tert-OH is 1. The second-order valence-corrected chi connectivity index (χ2v) is 4.21. The zero-order valence-corrected chi connectivity index (χ0v) is 9.72. The normalized spacial score (nSPS) is 15.5. The van der Waals surface area contributed by atoms with Crippen LogP contribution in [0.25, 0.3) is 0 Å². The fourth-order valence-electron chi connectivity index (χ4n) is 1.88. The van der Waals surface area contributed by atoms with E-state index in [1.165, 1.54) is 0 Å². The molecule has 0 saturated carbocycles. The van der Waals surface area contributed by atoms with Crippen molar-refractivity contribution >= 4 is 11.6 Å². The maximum Gasteiger partial charge on any atom is 0.255 e. The highest BCUT2D eigenvalue weighted by Crippen LogP contribution is 2.24. The van der Waals surface area contributed by atoms with E-state index in [4.69, 9.17) is 15.6 Å². The van der Waals surface area contributed by atoms with Gasteiger partial charge in [-0.3, -0.25) is 4.79 Å². The van der Waals surface area contributed by atoms with Crippen molar-refractivity contribution in [2.24, 2.45) is 5.92 Å². The Balaban J connectivity index is 2.10. The highest BCUT2D eigenvalue weighted by atomic mass is 16.5. The third-order valence-corrected chi connectivity index (χ3v) is 2.99. The minimum absolute atomic E-state index is 0.0881. The van der Waals surface area contributed by atoms with Gasteiger partial charge in [-0.05, 0) is 12.1 Å². The van der Waals surface area contributed by atoms with E-state index in [2.05, 4.69) is 0 Å². The first-order valence-corrected chi connectivity index (χ1v) is 5.49. The molecule has 0 aromatic heterocycles. The smallest absolute Gasteiger partial charge is 0.255 e. The van der Waals surface area contributed by atoms with E-state index in [1.54, 1.807) is 30.2 Å². The number of hydrogen-bond donors (Lipinski definition) is 2. The highest BCUT2D eigenvalue weighted by molar-refractivity contribution is 5.99. The van der Waals surface area contributed by atoms with Crippen LogP contribution in [0.15, 0.2) is 18.2 Å². The Morgan fingerprint density at radius 3 is 2.82 bits per heavy atom. The molecule has 5 heteroatoms. The minimum atomic E-state index is -0.0881. The van der Waals surface area contributed by atoms with E-state index >= 15 is 0 Å². The number of carbonyl (C=O) groups excluding carboxylic acids is 1. The molecule has 0 atom stereocenters. The summed E-state index contributed by atoms with van der Waals surface area (Å²) in [6, 6.07) is 5.02. The van der Waals surface area contributed by atoms with Crippen molar-refractivity contribution in [2.45, 2.75) is 0 Å². The molecule has 0 spiro atoms. The number of nitrogen functional groups attached to an aromatic ring is 1. The molecular weight excluding hydrogens is 220 g/mol. The standard InChI is InChI=1S/C12H16N2O3/c1-17-9-2-3-10(11(13)4-9)12(16)14-5-8(6-14)7-15/h2-4,8,15H,5-7,13H2,1H3. The average molecular weight is 236 g/mol. The van der Waals surface area contributed by atoms with Gasteiger partial charge < -0.3 is 20.5 Å². The van der Waals surface area contributed by atoms with Gasteiger partial charge >= 0.3 is 0 Å². The second kappa shape index (κ2) is 4.63. The molecule has 3 N–H and O–H groups in total. The molecule has 1 aliphatic rings. The molecule has 5 nitrogen and oxygen atoms in total. The number of likely N-dealkylation sites (tertiary alicyclic amines) is 1. The van der Waals surface area contributed by atoms with Gasteiger partial charge in [-0.2, -0.15) is 0 Å². The lowest BCUT2D eigenvalue weighted by molar-refractivity contribution is 0.0363. The number of nitrogens with two attached hydrogens (primary N) is 1. The Labute approximate surface area is 99.8 Å². The monoisotopic (exact) mass is 236 g/mol. The van der Waals surface area contributed by atoms with Gasteiger partial charge in [0.25, 0.3) is 5.91 Å². The van der Waals surface area contributed by atoms with Crippen LogP contribution >= 0.6 is 0 Å². The molecule has 1 aromatic rings. The molecule has 17 heavy (non-hydrogen) atoms. The molecule has 0 unspecified atom stereocenters. The molecule has 0 radical (unpaired) electrons. The van der Waals surface area contributed by atoms with E-state index in [-0.39, 0.29) is 18.4 Å². The van der Waals surface area contributed by atoms with E-state index in [1.807, 2.05) is 0 Å². The third-order valence-electron chi connectivity index (χ3n) is 2.99. The summed E-state index contributed by atoms with van der Waals surface area (Å²) in [6.07, 6.45) is 0. The molecular formula is C12H16N2O3. The molecule has 0 bridgehead atoms. The van der Waals surface area contributed by atoms with Gasteiger partial charge in [0.1, 0.15) is 5.75 Å². The number of benzene rings is 1. The topological polar surface area (TPSA) is 75.8 Å². The van der Waals surface area contributed by atoms with E-state index in [0.717, 1.165) is 0 Å². The summed E-state index contributed by atoms with van der Waals surface area (Å²) in [5.74, 6) is 0.754. The van der Waals surface area contributed by atoms with Crippen molar-refractivity contribution in [3.8, 4) is 5.75 Å². The van der Waals surface area contributed by atoms with Crippen LogP contribution in [-0.4, -0.2) is 42.7 Å². The molecule has 1 fully saturated rings. The lowest BCUT2D eigenvalue weighted by Crippen LogP contribution is -2.51. The molecule has 1 aromatic carbocycles. The predicted molar refractivity (Wildman–Crippen MR) is 63.9 cm³/mol. The number of hydrogen-bond acceptors (Lipinski definition) is 4. The number of anilines is 1. The number of nitrogens with zero attached hydrogens (tertiary/aromatic N) is 1. The van der Waals surface area contributed by atoms with Crippen LogP contribution in [0.3, 0.4) is 0 Å². The van der Waals surface area contributed by atoms with Crippen LogP contribution in [0.5, 0.6) is 5.75 Å². The SMILES string of the molecule is COc1ccc(C(=O)N2CC(CO)C2)c(N)c1. The van der Waals surface area contributed by atoms with Crippen molar-refractivity contribution in [1.82, 2.24) is 4.90 Å². The maximum atomic E-state index is 12.0. The van der Waals surface area contributed by atoms with E-state index in [9.17, 15) is 4.79 Å². The quantitative estimate of drug-likeness (QED) is 0.742. The zero-order chi connectivity index (χ0) is 12.4. The van der Waals surface area contributed by atoms with Crippen LogP contribution in [0.1, 0.15) is 10.4 Å². The van der Waals surface area contributed by atoms with Crippen molar-refractivity contribution in [3.05, 3.63) is 23.8 Å². The summed E-state index contributed by atoms with van der Waals surface area (Å²) in [4.78, 5) is 13.7. The van der Waals surface area contributed by atoms with Gasteiger partial charge in [-0.1, -0.05) is 0 Å². The fourth-order valence-corrected chi connectivity index (χ4v) is 1.88. The van der Waals surface area contributed by atoms with E-state index in [0.29, 0.717) is 30.1 Å². The van der Waals surface area contributed by atoms with Crippen molar-refractivity contribution in [1.29, 1.82) is 0 Å². The van der Waals surface area contributed by atoms with Gasteiger partial charge in [0, 0.05) is 37.4 Å². The largest absolute Gasteiger partial charge is 0.497 e. The Morgan fingerprint density at radius 2 is 2.29 bits per heavy atom. The van der Waals surface area contributed by atoms with Crippen LogP contribution in [0, 0.1) is 5.92 Å². The Hall–Kier alpha value is -1.75. The Kier molecular flexibility index (Phi) is 3.19. The predicted octanol–water partition coefficient (Wildman–Crippen LogP) is 0.342. The maximum absolute atomic E-state index is 12.0. The number of amides is 1. The molecule has 1 amide bonds. The summed E-state index contributed by atoms with van der Waals surface area (Å²) in [5, 5.41) is 8.90. The van der Waals surface area contributed by atoms with Gasteiger partial charge in [0.05, 0.1) is 12.7 Å². The number of carbonyl (C=O) groups is 1. The summed E-state index contributed by atoms with van der Waals surface area (Å²) in [7, 11) is 1.55. The Bertz CT molecular complexity index is 428. The third kappa shape index (κ3) is 2.19. The van der Waals surface area contributed by atoms with Gasteiger partial charge in [-0.25, -0.2) is 0 Å². The minimum Gasteiger partial charge on any atom is -0.497 e. The lowest BCUT2D eigenvalue weighted by Gasteiger charge is -2.38. The molecule has 92 valence electrons. The first-order valence-electron chi connectivity index (χ1n) is 5.49. The van der Waals surface area contributed by atoms with Crippen molar-refractivity contribution < 1.29 is 14.6 Å². The first kappa shape index (κ1) is 11.7.